The van der Waals surface area contributed by atoms with Crippen molar-refractivity contribution in [3.05, 3.63) is 34.9 Å². The number of carbonyl (C=O) groups is 1. The molecule has 1 saturated carbocycles. The molecule has 21 heavy (non-hydrogen) atoms. The molecular weight excluding hydrogens is 297 g/mol. The maximum atomic E-state index is 13.3. The fourth-order valence-electron chi connectivity index (χ4n) is 2.99. The fraction of sp³-hybridized carbons (Fsp3) is 0.500. The molecule has 1 heterocycles. The van der Waals surface area contributed by atoms with Gasteiger partial charge in [0.25, 0.3) is 0 Å². The Kier molecular flexibility index (Phi) is 3.65. The molecule has 7 heteroatoms. The quantitative estimate of drug-likeness (QED) is 0.892. The largest absolute Gasteiger partial charge is 0.369 e. The van der Waals surface area contributed by atoms with Crippen LogP contribution < -0.4 is 11.1 Å². The molecule has 1 aliphatic carbocycles. The van der Waals surface area contributed by atoms with E-state index in [9.17, 15) is 9.18 Å². The second kappa shape index (κ2) is 5.21. The zero-order chi connectivity index (χ0) is 15.2. The number of primary amides is 1. The lowest BCUT2D eigenvalue weighted by atomic mass is 9.65. The molecule has 0 aromatic heterocycles. The summed E-state index contributed by atoms with van der Waals surface area (Å²) in [5.41, 5.74) is 5.43. The molecule has 2 atom stereocenters. The number of hydroxylamine groups is 2. The van der Waals surface area contributed by atoms with Crippen LogP contribution in [0.3, 0.4) is 0 Å². The topological polar surface area (TPSA) is 67.6 Å². The minimum Gasteiger partial charge on any atom is -0.369 e. The summed E-state index contributed by atoms with van der Waals surface area (Å²) in [6, 6.07) is 7.31. The number of hydrogen-bond donors (Lipinski definition) is 2. The minimum atomic E-state index is -0.997. The van der Waals surface area contributed by atoms with Gasteiger partial charge in [0, 0.05) is 12.1 Å². The lowest BCUT2D eigenvalue weighted by Gasteiger charge is -2.44. The van der Waals surface area contributed by atoms with Crippen molar-refractivity contribution < 1.29 is 14.0 Å². The fourth-order valence-corrected chi connectivity index (χ4v) is 3.12. The number of hydrogen-bond acceptors (Lipinski definition) is 4. The second-order valence-electron chi connectivity index (χ2n) is 5.68. The first-order valence-electron chi connectivity index (χ1n) is 6.77. The Morgan fingerprint density at radius 3 is 2.62 bits per heavy atom. The first-order valence-corrected chi connectivity index (χ1v) is 7.15. The summed E-state index contributed by atoms with van der Waals surface area (Å²) in [5.74, 6) is -0.529. The highest BCUT2D eigenvalue weighted by molar-refractivity contribution is 6.30. The number of nitrogens with one attached hydrogen (secondary N) is 1. The van der Waals surface area contributed by atoms with Crippen molar-refractivity contribution in [2.45, 2.75) is 31.4 Å². The summed E-state index contributed by atoms with van der Waals surface area (Å²) >= 11 is 5.88. The van der Waals surface area contributed by atoms with Gasteiger partial charge in [-0.05, 0) is 30.5 Å². The molecule has 1 aromatic carbocycles. The van der Waals surface area contributed by atoms with Gasteiger partial charge in [0.05, 0.1) is 5.41 Å². The number of halogens is 2. The van der Waals surface area contributed by atoms with E-state index in [2.05, 4.69) is 5.32 Å². The molecule has 2 aliphatic rings. The van der Waals surface area contributed by atoms with Gasteiger partial charge in [0.2, 0.25) is 5.91 Å². The molecule has 1 aliphatic heterocycles. The molecule has 1 amide bonds. The number of rotatable bonds is 3. The van der Waals surface area contributed by atoms with Crippen LogP contribution in [0.1, 0.15) is 24.6 Å². The zero-order valence-electron chi connectivity index (χ0n) is 11.6. The number of nitrogens with zero attached hydrogens (tertiary/aromatic N) is 1. The molecule has 2 fully saturated rings. The van der Waals surface area contributed by atoms with Crippen molar-refractivity contribution in [3.63, 3.8) is 0 Å². The van der Waals surface area contributed by atoms with Crippen LogP contribution in [0.2, 0.25) is 5.02 Å². The maximum Gasteiger partial charge on any atom is 0.227 e. The molecular formula is C14H17ClFN3O2. The number of benzene rings is 1. The van der Waals surface area contributed by atoms with E-state index in [1.807, 2.05) is 12.1 Å². The average Bonchev–Trinajstić information content (AvgIpc) is 2.77. The van der Waals surface area contributed by atoms with Crippen molar-refractivity contribution in [3.8, 4) is 0 Å². The maximum absolute atomic E-state index is 13.3. The Morgan fingerprint density at radius 1 is 1.48 bits per heavy atom. The van der Waals surface area contributed by atoms with E-state index in [1.54, 1.807) is 24.2 Å². The Bertz CT molecular complexity index is 548. The predicted octanol–water partition coefficient (Wildman–Crippen LogP) is 1.73. The van der Waals surface area contributed by atoms with E-state index in [4.69, 9.17) is 22.2 Å². The Hall–Kier alpha value is -1.21. The molecule has 5 nitrogen and oxygen atoms in total. The average molecular weight is 314 g/mol. The summed E-state index contributed by atoms with van der Waals surface area (Å²) in [5, 5.41) is 5.47. The Balaban J connectivity index is 1.79. The number of carbonyl (C=O) groups excluding carboxylic acids is 1. The molecule has 3 N–H and O–H groups in total. The van der Waals surface area contributed by atoms with Crippen LogP contribution in [-0.2, 0) is 9.63 Å². The third-order valence-electron chi connectivity index (χ3n) is 4.29. The second-order valence-corrected chi connectivity index (χ2v) is 6.11. The summed E-state index contributed by atoms with van der Waals surface area (Å²) in [6.07, 6.45) is -1.65. The monoisotopic (exact) mass is 313 g/mol. The van der Waals surface area contributed by atoms with Crippen molar-refractivity contribution >= 4 is 17.5 Å². The van der Waals surface area contributed by atoms with Crippen LogP contribution in [0.15, 0.2) is 24.3 Å². The number of amides is 1. The number of alkyl halides is 1. The molecule has 0 bridgehead atoms. The van der Waals surface area contributed by atoms with E-state index >= 15 is 0 Å². The summed E-state index contributed by atoms with van der Waals surface area (Å²) in [7, 11) is 1.76. The van der Waals surface area contributed by atoms with Crippen LogP contribution in [0, 0.1) is 5.41 Å². The van der Waals surface area contributed by atoms with Crippen LogP contribution in [-0.4, -0.2) is 30.4 Å². The van der Waals surface area contributed by atoms with Crippen molar-refractivity contribution in [1.82, 2.24) is 10.4 Å². The van der Waals surface area contributed by atoms with Gasteiger partial charge in [-0.3, -0.25) is 14.9 Å². The van der Waals surface area contributed by atoms with E-state index in [0.717, 1.165) is 5.56 Å². The van der Waals surface area contributed by atoms with Gasteiger partial charge < -0.3 is 5.73 Å². The van der Waals surface area contributed by atoms with Crippen molar-refractivity contribution in [2.75, 3.05) is 7.05 Å². The predicted molar refractivity (Wildman–Crippen MR) is 75.7 cm³/mol. The van der Waals surface area contributed by atoms with Crippen LogP contribution in [0.25, 0.3) is 0 Å². The van der Waals surface area contributed by atoms with Gasteiger partial charge in [-0.2, -0.15) is 5.06 Å². The zero-order valence-corrected chi connectivity index (χ0v) is 12.3. The van der Waals surface area contributed by atoms with Crippen molar-refractivity contribution in [1.29, 1.82) is 0 Å². The molecule has 0 spiro atoms. The lowest BCUT2D eigenvalue weighted by Crippen LogP contribution is -2.59. The first kappa shape index (κ1) is 14.7. The highest BCUT2D eigenvalue weighted by Crippen LogP contribution is 2.48. The Morgan fingerprint density at radius 2 is 2.10 bits per heavy atom. The molecule has 3 rings (SSSR count). The van der Waals surface area contributed by atoms with Gasteiger partial charge in [0.15, 0.2) is 0 Å². The normalized spacial score (nSPS) is 36.4. The third kappa shape index (κ3) is 2.42. The van der Waals surface area contributed by atoms with Gasteiger partial charge in [-0.1, -0.05) is 23.7 Å². The first-order chi connectivity index (χ1) is 9.92. The van der Waals surface area contributed by atoms with Gasteiger partial charge in [-0.15, -0.1) is 0 Å². The highest BCUT2D eigenvalue weighted by Gasteiger charge is 2.58. The summed E-state index contributed by atoms with van der Waals surface area (Å²) < 4.78 is 13.3. The highest BCUT2D eigenvalue weighted by atomic mass is 35.5. The molecule has 1 aromatic rings. The van der Waals surface area contributed by atoms with Gasteiger partial charge in [-0.25, -0.2) is 4.39 Å². The summed E-state index contributed by atoms with van der Waals surface area (Å²) in [4.78, 5) is 17.4. The van der Waals surface area contributed by atoms with E-state index < -0.39 is 23.7 Å². The van der Waals surface area contributed by atoms with Crippen LogP contribution in [0.5, 0.6) is 0 Å². The molecule has 2 unspecified atom stereocenters. The van der Waals surface area contributed by atoms with E-state index in [0.29, 0.717) is 5.02 Å². The van der Waals surface area contributed by atoms with Gasteiger partial charge in [0.1, 0.15) is 18.6 Å². The lowest BCUT2D eigenvalue weighted by molar-refractivity contribution is -0.203. The minimum absolute atomic E-state index is 0.0984. The molecule has 0 radical (unpaired) electrons. The molecule has 114 valence electrons. The number of nitrogens with two attached hydrogens (primary N) is 1. The van der Waals surface area contributed by atoms with Crippen LogP contribution in [0.4, 0.5) is 4.39 Å². The Labute approximate surface area is 127 Å². The van der Waals surface area contributed by atoms with Crippen molar-refractivity contribution in [2.24, 2.45) is 11.1 Å². The van der Waals surface area contributed by atoms with E-state index in [-0.39, 0.29) is 19.0 Å². The molecule has 1 saturated heterocycles. The SMILES string of the molecule is CN1OC(C2(C(N)=O)CC(F)C2)NC1c1ccc(Cl)cc1. The van der Waals surface area contributed by atoms with E-state index in [1.165, 1.54) is 0 Å². The third-order valence-corrected chi connectivity index (χ3v) is 4.55. The standard InChI is InChI=1S/C14H17ClFN3O2/c1-19-11(8-2-4-9(15)5-3-8)18-13(21-19)14(12(17)20)6-10(16)7-14/h2-5,10-11,13,18H,6-7H2,1H3,(H2,17,20). The van der Waals surface area contributed by atoms with Gasteiger partial charge >= 0.3 is 0 Å². The smallest absolute Gasteiger partial charge is 0.227 e. The van der Waals surface area contributed by atoms with Crippen LogP contribution >= 0.6 is 11.6 Å². The summed E-state index contributed by atoms with van der Waals surface area (Å²) in [6.45, 7) is 0.